The zero-order valence-electron chi connectivity index (χ0n) is 21.6. The van der Waals surface area contributed by atoms with Gasteiger partial charge in [0.1, 0.15) is 10.1 Å². The molecule has 0 N–H and O–H groups in total. The molecule has 7 heteroatoms. The lowest BCUT2D eigenvalue weighted by Crippen LogP contribution is -2.30. The van der Waals surface area contributed by atoms with E-state index in [2.05, 4.69) is 13.8 Å². The van der Waals surface area contributed by atoms with Crippen molar-refractivity contribution in [3.63, 3.8) is 0 Å². The number of amides is 1. The predicted molar refractivity (Wildman–Crippen MR) is 159 cm³/mol. The number of hydrogen-bond donors (Lipinski definition) is 0. The fourth-order valence-corrected chi connectivity index (χ4v) is 5.65. The van der Waals surface area contributed by atoms with E-state index in [1.54, 1.807) is 4.90 Å². The molecule has 192 valence electrons. The van der Waals surface area contributed by atoms with Crippen molar-refractivity contribution in [3.8, 4) is 22.7 Å². The highest BCUT2D eigenvalue weighted by Gasteiger charge is 2.36. The number of benzene rings is 3. The van der Waals surface area contributed by atoms with E-state index in [0.717, 1.165) is 33.8 Å². The lowest BCUT2D eigenvalue weighted by atomic mass is 10.1. The number of aromatic nitrogens is 2. The van der Waals surface area contributed by atoms with Crippen LogP contribution in [0, 0.1) is 5.92 Å². The van der Waals surface area contributed by atoms with Gasteiger partial charge in [-0.1, -0.05) is 86.4 Å². The first-order valence-corrected chi connectivity index (χ1v) is 13.8. The van der Waals surface area contributed by atoms with Crippen molar-refractivity contribution >= 4 is 40.3 Å². The summed E-state index contributed by atoms with van der Waals surface area (Å²) in [5.41, 5.74) is 4.55. The highest BCUT2D eigenvalue weighted by molar-refractivity contribution is 8.26. The van der Waals surface area contributed by atoms with E-state index in [4.69, 9.17) is 22.1 Å². The van der Waals surface area contributed by atoms with Gasteiger partial charge in [-0.25, -0.2) is 4.68 Å². The third-order valence-electron chi connectivity index (χ3n) is 6.25. The van der Waals surface area contributed by atoms with Gasteiger partial charge in [0.2, 0.25) is 0 Å². The Morgan fingerprint density at radius 3 is 2.26 bits per heavy atom. The number of ether oxygens (including phenoxy) is 1. The summed E-state index contributed by atoms with van der Waals surface area (Å²) in [6.45, 7) is 6.92. The lowest BCUT2D eigenvalue weighted by Gasteiger charge is -2.23. The number of thiocarbonyl (C=S) groups is 1. The van der Waals surface area contributed by atoms with Crippen molar-refractivity contribution in [1.29, 1.82) is 0 Å². The van der Waals surface area contributed by atoms with Gasteiger partial charge in [-0.2, -0.15) is 5.10 Å². The Labute approximate surface area is 233 Å². The van der Waals surface area contributed by atoms with Crippen molar-refractivity contribution in [3.05, 3.63) is 107 Å². The van der Waals surface area contributed by atoms with Gasteiger partial charge in [0.25, 0.3) is 5.91 Å². The minimum Gasteiger partial charge on any atom is -0.493 e. The molecular formula is C31H29N3O2S2. The molecule has 1 atom stereocenters. The monoisotopic (exact) mass is 539 g/mol. The maximum atomic E-state index is 13.5. The van der Waals surface area contributed by atoms with Gasteiger partial charge < -0.3 is 4.74 Å². The van der Waals surface area contributed by atoms with E-state index in [0.29, 0.717) is 21.8 Å². The molecule has 1 unspecified atom stereocenters. The minimum atomic E-state index is -0.153. The van der Waals surface area contributed by atoms with E-state index in [1.807, 2.05) is 109 Å². The first kappa shape index (κ1) is 25.9. The molecule has 4 aromatic rings. The van der Waals surface area contributed by atoms with Crippen molar-refractivity contribution in [2.45, 2.75) is 26.8 Å². The highest BCUT2D eigenvalue weighted by Crippen LogP contribution is 2.39. The smallest absolute Gasteiger partial charge is 0.266 e. The number of rotatable bonds is 8. The topological polar surface area (TPSA) is 47.4 Å². The molecule has 1 saturated heterocycles. The molecule has 5 nitrogen and oxygen atoms in total. The van der Waals surface area contributed by atoms with Crippen LogP contribution in [0.1, 0.15) is 37.9 Å². The van der Waals surface area contributed by atoms with Crippen LogP contribution >= 0.6 is 24.0 Å². The molecule has 1 fully saturated rings. The van der Waals surface area contributed by atoms with Crippen LogP contribution in [0.3, 0.4) is 0 Å². The zero-order chi connectivity index (χ0) is 26.6. The molecule has 1 aliphatic heterocycles. The van der Waals surface area contributed by atoms with Crippen LogP contribution in [-0.2, 0) is 4.79 Å². The number of carbonyl (C=O) groups is 1. The average Bonchev–Trinajstić information content (AvgIpc) is 3.48. The van der Waals surface area contributed by atoms with Crippen LogP contribution in [0.15, 0.2) is 96.0 Å². The summed E-state index contributed by atoms with van der Waals surface area (Å²) in [6.07, 6.45) is 3.86. The molecular weight excluding hydrogens is 510 g/mol. The van der Waals surface area contributed by atoms with Crippen LogP contribution < -0.4 is 4.74 Å². The van der Waals surface area contributed by atoms with Gasteiger partial charge in [0.15, 0.2) is 0 Å². The Hall–Kier alpha value is -3.68. The molecule has 0 saturated carbocycles. The highest BCUT2D eigenvalue weighted by atomic mass is 32.2. The van der Waals surface area contributed by atoms with Gasteiger partial charge in [0.05, 0.1) is 28.9 Å². The van der Waals surface area contributed by atoms with Gasteiger partial charge in [-0.3, -0.25) is 9.69 Å². The van der Waals surface area contributed by atoms with Gasteiger partial charge in [-0.05, 0) is 60.9 Å². The molecule has 0 bridgehead atoms. The fourth-order valence-electron chi connectivity index (χ4n) is 4.24. The first-order chi connectivity index (χ1) is 18.4. The van der Waals surface area contributed by atoms with Crippen molar-refractivity contribution < 1.29 is 9.53 Å². The Bertz CT molecular complexity index is 1460. The maximum absolute atomic E-state index is 13.5. The van der Waals surface area contributed by atoms with Crippen molar-refractivity contribution in [1.82, 2.24) is 14.7 Å². The zero-order valence-corrected chi connectivity index (χ0v) is 23.2. The lowest BCUT2D eigenvalue weighted by molar-refractivity contribution is -0.123. The average molecular weight is 540 g/mol. The summed E-state index contributed by atoms with van der Waals surface area (Å²) in [6, 6.07) is 27.7. The Morgan fingerprint density at radius 2 is 1.61 bits per heavy atom. The normalized spacial score (nSPS) is 15.5. The van der Waals surface area contributed by atoms with E-state index < -0.39 is 0 Å². The second-order valence-electron chi connectivity index (χ2n) is 9.58. The third kappa shape index (κ3) is 5.59. The summed E-state index contributed by atoms with van der Waals surface area (Å²) < 4.78 is 8.26. The summed E-state index contributed by atoms with van der Waals surface area (Å²) in [4.78, 5) is 15.8. The van der Waals surface area contributed by atoms with E-state index in [9.17, 15) is 4.79 Å². The van der Waals surface area contributed by atoms with E-state index >= 15 is 0 Å². The standard InChI is InChI=1S/C31H29N3O2S2/c1-21(2)20-36-27-16-14-24(15-17-27)29-25(19-33(32-29)26-12-8-5-9-13-26)18-28-30(35)34(31(37)38-28)22(3)23-10-6-4-7-11-23/h4-19,21-22H,20H2,1-3H3/b28-18-. The number of para-hydroxylation sites is 1. The minimum absolute atomic E-state index is 0.0906. The maximum Gasteiger partial charge on any atom is 0.266 e. The van der Waals surface area contributed by atoms with E-state index in [1.165, 1.54) is 11.8 Å². The Morgan fingerprint density at radius 1 is 0.947 bits per heavy atom. The number of thioether (sulfide) groups is 1. The molecule has 1 aliphatic rings. The Balaban J connectivity index is 1.50. The van der Waals surface area contributed by atoms with Crippen LogP contribution in [0.2, 0.25) is 0 Å². The fraction of sp³-hybridized carbons (Fsp3) is 0.194. The summed E-state index contributed by atoms with van der Waals surface area (Å²) in [5, 5.41) is 4.91. The Kier molecular flexibility index (Phi) is 7.77. The van der Waals surface area contributed by atoms with Crippen LogP contribution in [0.25, 0.3) is 23.0 Å². The van der Waals surface area contributed by atoms with Crippen LogP contribution in [-0.4, -0.2) is 31.5 Å². The molecule has 0 aliphatic carbocycles. The van der Waals surface area contributed by atoms with E-state index in [-0.39, 0.29) is 11.9 Å². The molecule has 1 aromatic heterocycles. The number of nitrogens with zero attached hydrogens (tertiary/aromatic N) is 3. The predicted octanol–water partition coefficient (Wildman–Crippen LogP) is 7.54. The molecule has 5 rings (SSSR count). The van der Waals surface area contributed by atoms with Gasteiger partial charge in [-0.15, -0.1) is 0 Å². The second-order valence-corrected chi connectivity index (χ2v) is 11.3. The van der Waals surface area contributed by atoms with Gasteiger partial charge >= 0.3 is 0 Å². The molecule has 0 spiro atoms. The molecule has 3 aromatic carbocycles. The second kappa shape index (κ2) is 11.4. The first-order valence-electron chi connectivity index (χ1n) is 12.6. The molecule has 1 amide bonds. The van der Waals surface area contributed by atoms with Crippen LogP contribution in [0.5, 0.6) is 5.75 Å². The third-order valence-corrected chi connectivity index (χ3v) is 7.58. The number of carbonyl (C=O) groups excluding carboxylic acids is 1. The largest absolute Gasteiger partial charge is 0.493 e. The molecule has 38 heavy (non-hydrogen) atoms. The molecule has 0 radical (unpaired) electrons. The van der Waals surface area contributed by atoms with Crippen molar-refractivity contribution in [2.24, 2.45) is 5.92 Å². The van der Waals surface area contributed by atoms with Crippen LogP contribution in [0.4, 0.5) is 0 Å². The number of hydrogen-bond acceptors (Lipinski definition) is 5. The molecule has 2 heterocycles. The summed E-state index contributed by atoms with van der Waals surface area (Å²) in [7, 11) is 0. The summed E-state index contributed by atoms with van der Waals surface area (Å²) in [5.74, 6) is 1.18. The quantitative estimate of drug-likeness (QED) is 0.171. The van der Waals surface area contributed by atoms with Crippen molar-refractivity contribution in [2.75, 3.05) is 6.61 Å². The summed E-state index contributed by atoms with van der Waals surface area (Å²) >= 11 is 6.98. The van der Waals surface area contributed by atoms with Gasteiger partial charge in [0, 0.05) is 17.3 Å². The SMILES string of the molecule is CC(C)COc1ccc(-c2nn(-c3ccccc3)cc2/C=C2\SC(=S)N(C(C)c3ccccc3)C2=O)cc1.